The number of rotatable bonds is 8. The molecule has 0 saturated heterocycles. The summed E-state index contributed by atoms with van der Waals surface area (Å²) in [5.41, 5.74) is 3.01. The fourth-order valence-corrected chi connectivity index (χ4v) is 3.16. The standard InChI is InChI=1S/C19H22N2O3/c1-3-8-19(9-10-19)15-6-4-14(5-7-15)12-16-20-17(24-21-16)11-13(2)18(22)23/h4-7H,2-3,8-12H2,1H3,(H,22,23). The molecule has 1 aromatic heterocycles. The van der Waals surface area contributed by atoms with E-state index in [1.807, 2.05) is 0 Å². The predicted molar refractivity (Wildman–Crippen MR) is 89.8 cm³/mol. The molecule has 0 bridgehead atoms. The lowest BCUT2D eigenvalue weighted by Gasteiger charge is -2.14. The number of carboxylic acids is 1. The van der Waals surface area contributed by atoms with Gasteiger partial charge < -0.3 is 9.63 Å². The molecule has 5 nitrogen and oxygen atoms in total. The molecule has 126 valence electrons. The fourth-order valence-electron chi connectivity index (χ4n) is 3.16. The van der Waals surface area contributed by atoms with E-state index in [0.29, 0.717) is 17.7 Å². The van der Waals surface area contributed by atoms with E-state index in [0.717, 1.165) is 5.56 Å². The lowest BCUT2D eigenvalue weighted by Crippen LogP contribution is -2.05. The molecule has 1 saturated carbocycles. The van der Waals surface area contributed by atoms with E-state index in [1.165, 1.54) is 31.2 Å². The summed E-state index contributed by atoms with van der Waals surface area (Å²) in [5.74, 6) is -0.203. The van der Waals surface area contributed by atoms with Crippen LogP contribution in [0.15, 0.2) is 40.9 Å². The van der Waals surface area contributed by atoms with Crippen LogP contribution in [-0.2, 0) is 23.1 Å². The van der Waals surface area contributed by atoms with Gasteiger partial charge in [0.15, 0.2) is 5.82 Å². The zero-order valence-electron chi connectivity index (χ0n) is 13.9. The summed E-state index contributed by atoms with van der Waals surface area (Å²) in [7, 11) is 0. The molecule has 1 aliphatic carbocycles. The molecule has 0 radical (unpaired) electrons. The first-order chi connectivity index (χ1) is 11.5. The Labute approximate surface area is 141 Å². The Morgan fingerprint density at radius 1 is 1.33 bits per heavy atom. The summed E-state index contributed by atoms with van der Waals surface area (Å²) in [6.45, 7) is 5.71. The first kappa shape index (κ1) is 16.4. The summed E-state index contributed by atoms with van der Waals surface area (Å²) in [6.07, 6.45) is 5.71. The first-order valence-corrected chi connectivity index (χ1v) is 8.34. The predicted octanol–water partition coefficient (Wildman–Crippen LogP) is 3.68. The van der Waals surface area contributed by atoms with Gasteiger partial charge in [-0.05, 0) is 35.8 Å². The van der Waals surface area contributed by atoms with E-state index in [4.69, 9.17) is 9.63 Å². The van der Waals surface area contributed by atoms with Gasteiger partial charge in [-0.2, -0.15) is 4.98 Å². The second-order valence-electron chi connectivity index (χ2n) is 6.59. The number of aromatic nitrogens is 2. The molecule has 0 aliphatic heterocycles. The van der Waals surface area contributed by atoms with Gasteiger partial charge >= 0.3 is 5.97 Å². The van der Waals surface area contributed by atoms with E-state index in [1.54, 1.807) is 0 Å². The smallest absolute Gasteiger partial charge is 0.331 e. The van der Waals surface area contributed by atoms with Crippen LogP contribution in [0.1, 0.15) is 55.4 Å². The van der Waals surface area contributed by atoms with Gasteiger partial charge in [0.05, 0.1) is 6.42 Å². The highest BCUT2D eigenvalue weighted by Crippen LogP contribution is 2.51. The molecule has 0 unspecified atom stereocenters. The molecule has 0 atom stereocenters. The molecule has 3 rings (SSSR count). The molecular formula is C19H22N2O3. The van der Waals surface area contributed by atoms with Crippen molar-refractivity contribution in [3.05, 3.63) is 59.3 Å². The molecule has 5 heteroatoms. The molecule has 1 fully saturated rings. The fraction of sp³-hybridized carbons (Fsp3) is 0.421. The largest absolute Gasteiger partial charge is 0.478 e. The minimum Gasteiger partial charge on any atom is -0.478 e. The molecular weight excluding hydrogens is 304 g/mol. The van der Waals surface area contributed by atoms with E-state index >= 15 is 0 Å². The summed E-state index contributed by atoms with van der Waals surface area (Å²) in [4.78, 5) is 15.0. The Morgan fingerprint density at radius 2 is 2.04 bits per heavy atom. The van der Waals surface area contributed by atoms with Crippen molar-refractivity contribution in [3.63, 3.8) is 0 Å². The summed E-state index contributed by atoms with van der Waals surface area (Å²) in [6, 6.07) is 8.67. The number of nitrogens with zero attached hydrogens (tertiary/aromatic N) is 2. The van der Waals surface area contributed by atoms with Crippen LogP contribution in [0.25, 0.3) is 0 Å². The van der Waals surface area contributed by atoms with E-state index in [-0.39, 0.29) is 17.9 Å². The Bertz CT molecular complexity index is 742. The maximum atomic E-state index is 10.8. The van der Waals surface area contributed by atoms with Crippen molar-refractivity contribution in [3.8, 4) is 0 Å². The zero-order chi connectivity index (χ0) is 17.2. The molecule has 1 heterocycles. The summed E-state index contributed by atoms with van der Waals surface area (Å²) < 4.78 is 5.09. The quantitative estimate of drug-likeness (QED) is 0.749. The van der Waals surface area contributed by atoms with Gasteiger partial charge in [0.25, 0.3) is 0 Å². The Balaban J connectivity index is 1.63. The van der Waals surface area contributed by atoms with Crippen LogP contribution in [0, 0.1) is 0 Å². The maximum Gasteiger partial charge on any atom is 0.331 e. The van der Waals surface area contributed by atoms with Crippen LogP contribution in [0.5, 0.6) is 0 Å². The third kappa shape index (κ3) is 3.55. The monoisotopic (exact) mass is 326 g/mol. The highest BCUT2D eigenvalue weighted by atomic mass is 16.5. The van der Waals surface area contributed by atoms with Crippen molar-refractivity contribution in [2.24, 2.45) is 0 Å². The van der Waals surface area contributed by atoms with Gasteiger partial charge in [0.2, 0.25) is 5.89 Å². The van der Waals surface area contributed by atoms with Crippen molar-refractivity contribution in [1.82, 2.24) is 10.1 Å². The molecule has 0 spiro atoms. The lowest BCUT2D eigenvalue weighted by atomic mass is 9.90. The van der Waals surface area contributed by atoms with E-state index < -0.39 is 5.97 Å². The van der Waals surface area contributed by atoms with Gasteiger partial charge in [-0.15, -0.1) is 0 Å². The van der Waals surface area contributed by atoms with E-state index in [9.17, 15) is 4.79 Å². The highest BCUT2D eigenvalue weighted by Gasteiger charge is 2.42. The summed E-state index contributed by atoms with van der Waals surface area (Å²) >= 11 is 0. The molecule has 2 aromatic rings. The number of hydrogen-bond acceptors (Lipinski definition) is 4. The minimum atomic E-state index is -1.05. The molecule has 1 aromatic carbocycles. The maximum absolute atomic E-state index is 10.8. The van der Waals surface area contributed by atoms with Crippen LogP contribution in [0.4, 0.5) is 0 Å². The molecule has 0 amide bonds. The van der Waals surface area contributed by atoms with Crippen LogP contribution in [0.2, 0.25) is 0 Å². The topological polar surface area (TPSA) is 76.2 Å². The van der Waals surface area contributed by atoms with Crippen molar-refractivity contribution < 1.29 is 14.4 Å². The second kappa shape index (κ2) is 6.59. The average Bonchev–Trinajstić information content (AvgIpc) is 3.21. The van der Waals surface area contributed by atoms with Crippen molar-refractivity contribution in [1.29, 1.82) is 0 Å². The number of hydrogen-bond donors (Lipinski definition) is 1. The third-order valence-electron chi connectivity index (χ3n) is 4.69. The number of carboxylic acid groups (broad SMARTS) is 1. The number of carbonyl (C=O) groups is 1. The third-order valence-corrected chi connectivity index (χ3v) is 4.69. The van der Waals surface area contributed by atoms with Gasteiger partial charge in [-0.25, -0.2) is 4.79 Å². The molecule has 1 aliphatic rings. The highest BCUT2D eigenvalue weighted by molar-refractivity contribution is 5.86. The van der Waals surface area contributed by atoms with E-state index in [2.05, 4.69) is 47.9 Å². The van der Waals surface area contributed by atoms with Crippen molar-refractivity contribution in [2.45, 2.75) is 50.9 Å². The van der Waals surface area contributed by atoms with Gasteiger partial charge in [-0.3, -0.25) is 0 Å². The van der Waals surface area contributed by atoms with Gasteiger partial charge in [0.1, 0.15) is 0 Å². The lowest BCUT2D eigenvalue weighted by molar-refractivity contribution is -0.132. The second-order valence-corrected chi connectivity index (χ2v) is 6.59. The van der Waals surface area contributed by atoms with Crippen LogP contribution >= 0.6 is 0 Å². The first-order valence-electron chi connectivity index (χ1n) is 8.34. The van der Waals surface area contributed by atoms with Crippen molar-refractivity contribution in [2.75, 3.05) is 0 Å². The number of benzene rings is 1. The van der Waals surface area contributed by atoms with Crippen molar-refractivity contribution >= 4 is 5.97 Å². The minimum absolute atomic E-state index is 0.0419. The zero-order valence-corrected chi connectivity index (χ0v) is 13.9. The normalized spacial score (nSPS) is 15.2. The average molecular weight is 326 g/mol. The molecule has 1 N–H and O–H groups in total. The Morgan fingerprint density at radius 3 is 2.62 bits per heavy atom. The van der Waals surface area contributed by atoms with Crippen LogP contribution in [-0.4, -0.2) is 21.2 Å². The molecule has 24 heavy (non-hydrogen) atoms. The SMILES string of the molecule is C=C(Cc1nc(Cc2ccc(C3(CCC)CC3)cc2)no1)C(=O)O. The van der Waals surface area contributed by atoms with Crippen LogP contribution < -0.4 is 0 Å². The summed E-state index contributed by atoms with van der Waals surface area (Å²) in [5, 5.41) is 12.7. The van der Waals surface area contributed by atoms with Gasteiger partial charge in [-0.1, -0.05) is 49.3 Å². The van der Waals surface area contributed by atoms with Gasteiger partial charge in [0, 0.05) is 12.0 Å². The Hall–Kier alpha value is -2.43. The number of aliphatic carboxylic acids is 1. The Kier molecular flexibility index (Phi) is 4.51. The van der Waals surface area contributed by atoms with Crippen LogP contribution in [0.3, 0.4) is 0 Å².